The minimum Gasteiger partial charge on any atom is -0.388 e. The van der Waals surface area contributed by atoms with E-state index < -0.39 is 24.5 Å². The fourth-order valence-electron chi connectivity index (χ4n) is 3.76. The number of nitrogens with zero attached hydrogens (tertiary/aromatic N) is 4. The lowest BCUT2D eigenvalue weighted by molar-refractivity contribution is -0.0392. The molecule has 0 aromatic carbocycles. The van der Waals surface area contributed by atoms with Gasteiger partial charge < -0.3 is 26.4 Å². The molecule has 9 heteroatoms. The van der Waals surface area contributed by atoms with Gasteiger partial charge in [0.1, 0.15) is 24.1 Å². The van der Waals surface area contributed by atoms with Crippen LogP contribution in [0.3, 0.4) is 0 Å². The van der Waals surface area contributed by atoms with Crippen LogP contribution >= 0.6 is 0 Å². The van der Waals surface area contributed by atoms with E-state index in [1.165, 1.54) is 31.9 Å². The van der Waals surface area contributed by atoms with Crippen molar-refractivity contribution < 1.29 is 14.9 Å². The van der Waals surface area contributed by atoms with Crippen molar-refractivity contribution in [2.24, 2.45) is 11.7 Å². The minimum atomic E-state index is -1.09. The molecule has 6 N–H and O–H groups in total. The van der Waals surface area contributed by atoms with Gasteiger partial charge in [-0.3, -0.25) is 4.57 Å². The third-order valence-corrected chi connectivity index (χ3v) is 5.39. The molecule has 136 valence electrons. The first kappa shape index (κ1) is 16.6. The number of imidazole rings is 1. The standard InChI is InChI=1S/C16H24N6O3/c17-9(4-8-2-1-3-8)5-10-12(23)13(24)16(25-10)22-7-21-11-14(18)19-6-20-15(11)22/h6-10,12-13,16,23-24H,1-5,17H2,(H2,18,19,20)/t9-,10+,12+,13+,16+/m0/s1. The van der Waals surface area contributed by atoms with Gasteiger partial charge in [0.25, 0.3) is 0 Å². The number of fused-ring (bicyclic) bond motifs is 1. The van der Waals surface area contributed by atoms with Gasteiger partial charge in [0.2, 0.25) is 0 Å². The predicted octanol–water partition coefficient (Wildman–Crippen LogP) is -0.0647. The molecule has 0 radical (unpaired) electrons. The number of rotatable bonds is 5. The summed E-state index contributed by atoms with van der Waals surface area (Å²) in [6.07, 6.45) is 4.61. The highest BCUT2D eigenvalue weighted by Crippen LogP contribution is 2.35. The van der Waals surface area contributed by atoms with Gasteiger partial charge in [-0.25, -0.2) is 15.0 Å². The molecular formula is C16H24N6O3. The molecule has 1 saturated heterocycles. The van der Waals surface area contributed by atoms with Crippen molar-refractivity contribution in [3.05, 3.63) is 12.7 Å². The molecule has 9 nitrogen and oxygen atoms in total. The lowest BCUT2D eigenvalue weighted by Gasteiger charge is -2.29. The fraction of sp³-hybridized carbons (Fsp3) is 0.688. The van der Waals surface area contributed by atoms with Crippen LogP contribution in [0.15, 0.2) is 12.7 Å². The summed E-state index contributed by atoms with van der Waals surface area (Å²) in [4.78, 5) is 12.2. The van der Waals surface area contributed by atoms with Gasteiger partial charge in [-0.15, -0.1) is 0 Å². The second-order valence-corrected chi connectivity index (χ2v) is 7.16. The number of nitrogen functional groups attached to an aromatic ring is 1. The molecule has 2 fully saturated rings. The Balaban J connectivity index is 1.50. The van der Waals surface area contributed by atoms with Gasteiger partial charge in [0, 0.05) is 6.04 Å². The average molecular weight is 348 g/mol. The maximum Gasteiger partial charge on any atom is 0.167 e. The van der Waals surface area contributed by atoms with E-state index in [1.807, 2.05) is 0 Å². The highest BCUT2D eigenvalue weighted by Gasteiger charge is 2.44. The van der Waals surface area contributed by atoms with Crippen LogP contribution in [0.1, 0.15) is 38.3 Å². The maximum atomic E-state index is 10.4. The summed E-state index contributed by atoms with van der Waals surface area (Å²) in [7, 11) is 0. The van der Waals surface area contributed by atoms with E-state index in [0.29, 0.717) is 23.5 Å². The highest BCUT2D eigenvalue weighted by atomic mass is 16.6. The molecule has 2 aromatic rings. The SMILES string of the molecule is Nc1ncnc2c1ncn2[C@@H]1O[C@H](C[C@@H](N)CC2CCC2)[C@@H](O)[C@H]1O. The monoisotopic (exact) mass is 348 g/mol. The number of aliphatic hydroxyl groups excluding tert-OH is 2. The Kier molecular flexibility index (Phi) is 4.32. The summed E-state index contributed by atoms with van der Waals surface area (Å²) in [5.74, 6) is 0.947. The van der Waals surface area contributed by atoms with Crippen LogP contribution in [-0.4, -0.2) is 54.1 Å². The van der Waals surface area contributed by atoms with E-state index in [2.05, 4.69) is 15.0 Å². The van der Waals surface area contributed by atoms with E-state index in [-0.39, 0.29) is 11.9 Å². The molecular weight excluding hydrogens is 324 g/mol. The molecule has 1 saturated carbocycles. The van der Waals surface area contributed by atoms with Crippen LogP contribution in [-0.2, 0) is 4.74 Å². The molecule has 5 atom stereocenters. The second kappa shape index (κ2) is 6.49. The number of nitrogens with two attached hydrogens (primary N) is 2. The number of anilines is 1. The molecule has 1 aliphatic carbocycles. The Hall–Kier alpha value is -1.81. The summed E-state index contributed by atoms with van der Waals surface area (Å²) in [6, 6.07) is -0.0478. The van der Waals surface area contributed by atoms with Crippen molar-refractivity contribution in [2.75, 3.05) is 5.73 Å². The number of hydrogen-bond acceptors (Lipinski definition) is 8. The zero-order valence-corrected chi connectivity index (χ0v) is 13.9. The minimum absolute atomic E-state index is 0.0478. The zero-order valence-electron chi connectivity index (χ0n) is 13.9. The second-order valence-electron chi connectivity index (χ2n) is 7.16. The normalized spacial score (nSPS) is 31.3. The molecule has 2 aromatic heterocycles. The quantitative estimate of drug-likeness (QED) is 0.588. The number of ether oxygens (including phenoxy) is 1. The zero-order chi connectivity index (χ0) is 17.6. The molecule has 0 unspecified atom stereocenters. The predicted molar refractivity (Wildman–Crippen MR) is 90.2 cm³/mol. The van der Waals surface area contributed by atoms with Crippen molar-refractivity contribution in [1.82, 2.24) is 19.5 Å². The van der Waals surface area contributed by atoms with Crippen molar-refractivity contribution in [2.45, 2.75) is 62.7 Å². The van der Waals surface area contributed by atoms with Gasteiger partial charge in [0.05, 0.1) is 12.4 Å². The average Bonchev–Trinajstić information content (AvgIpc) is 3.09. The van der Waals surface area contributed by atoms with Crippen LogP contribution in [0, 0.1) is 5.92 Å². The lowest BCUT2D eigenvalue weighted by Crippen LogP contribution is -2.36. The molecule has 25 heavy (non-hydrogen) atoms. The van der Waals surface area contributed by atoms with Crippen molar-refractivity contribution in [1.29, 1.82) is 0 Å². The number of aliphatic hydroxyl groups is 2. The van der Waals surface area contributed by atoms with Gasteiger partial charge in [0.15, 0.2) is 17.7 Å². The van der Waals surface area contributed by atoms with Gasteiger partial charge in [-0.2, -0.15) is 0 Å². The first-order valence-corrected chi connectivity index (χ1v) is 8.74. The first-order chi connectivity index (χ1) is 12.0. The van der Waals surface area contributed by atoms with Crippen LogP contribution in [0.2, 0.25) is 0 Å². The third-order valence-electron chi connectivity index (χ3n) is 5.39. The topological polar surface area (TPSA) is 145 Å². The smallest absolute Gasteiger partial charge is 0.167 e. The fourth-order valence-corrected chi connectivity index (χ4v) is 3.76. The Morgan fingerprint density at radius 1 is 1.20 bits per heavy atom. The van der Waals surface area contributed by atoms with Crippen LogP contribution in [0.5, 0.6) is 0 Å². The van der Waals surface area contributed by atoms with Gasteiger partial charge in [-0.1, -0.05) is 19.3 Å². The van der Waals surface area contributed by atoms with Crippen LogP contribution in [0.4, 0.5) is 5.82 Å². The molecule has 4 rings (SSSR count). The van der Waals surface area contributed by atoms with Gasteiger partial charge in [-0.05, 0) is 18.8 Å². The van der Waals surface area contributed by atoms with E-state index in [9.17, 15) is 10.2 Å². The van der Waals surface area contributed by atoms with Crippen molar-refractivity contribution in [3.8, 4) is 0 Å². The largest absolute Gasteiger partial charge is 0.388 e. The highest BCUT2D eigenvalue weighted by molar-refractivity contribution is 5.81. The third kappa shape index (κ3) is 2.97. The number of aromatic nitrogens is 4. The van der Waals surface area contributed by atoms with Crippen molar-refractivity contribution >= 4 is 17.0 Å². The maximum absolute atomic E-state index is 10.4. The van der Waals surface area contributed by atoms with Gasteiger partial charge >= 0.3 is 0 Å². The Bertz CT molecular complexity index is 749. The molecule has 2 aliphatic rings. The lowest BCUT2D eigenvalue weighted by atomic mass is 9.80. The van der Waals surface area contributed by atoms with E-state index >= 15 is 0 Å². The first-order valence-electron chi connectivity index (χ1n) is 8.74. The molecule has 3 heterocycles. The van der Waals surface area contributed by atoms with E-state index in [4.69, 9.17) is 16.2 Å². The Morgan fingerprint density at radius 3 is 2.72 bits per heavy atom. The van der Waals surface area contributed by atoms with E-state index in [1.54, 1.807) is 4.57 Å². The number of hydrogen-bond donors (Lipinski definition) is 4. The molecule has 0 bridgehead atoms. The Morgan fingerprint density at radius 2 is 2.00 bits per heavy atom. The Labute approximate surface area is 145 Å². The summed E-state index contributed by atoms with van der Waals surface area (Å²) < 4.78 is 7.51. The van der Waals surface area contributed by atoms with Crippen LogP contribution < -0.4 is 11.5 Å². The molecule has 0 amide bonds. The molecule has 0 spiro atoms. The summed E-state index contributed by atoms with van der Waals surface area (Å²) in [5, 5.41) is 20.8. The van der Waals surface area contributed by atoms with E-state index in [0.717, 1.165) is 6.42 Å². The molecule has 1 aliphatic heterocycles. The summed E-state index contributed by atoms with van der Waals surface area (Å²) in [6.45, 7) is 0. The van der Waals surface area contributed by atoms with Crippen LogP contribution in [0.25, 0.3) is 11.2 Å². The summed E-state index contributed by atoms with van der Waals surface area (Å²) >= 11 is 0. The van der Waals surface area contributed by atoms with Crippen molar-refractivity contribution in [3.63, 3.8) is 0 Å². The summed E-state index contributed by atoms with van der Waals surface area (Å²) in [5.41, 5.74) is 12.9.